The van der Waals surface area contributed by atoms with Crippen LogP contribution in [0.2, 0.25) is 5.02 Å². The third-order valence-corrected chi connectivity index (χ3v) is 9.87. The largest absolute Gasteiger partial charge is 0.381 e. The van der Waals surface area contributed by atoms with Crippen LogP contribution in [0.4, 0.5) is 5.13 Å². The molecule has 34 heavy (non-hydrogen) atoms. The predicted molar refractivity (Wildman–Crippen MR) is 131 cm³/mol. The van der Waals surface area contributed by atoms with Gasteiger partial charge in [0.25, 0.3) is 5.56 Å². The molecule has 2 aliphatic rings. The number of hydrogen-bond donors (Lipinski definition) is 2. The zero-order valence-electron chi connectivity index (χ0n) is 18.3. The normalized spacial score (nSPS) is 18.1. The van der Waals surface area contributed by atoms with Gasteiger partial charge in [0.2, 0.25) is 5.91 Å². The number of anilines is 1. The summed E-state index contributed by atoms with van der Waals surface area (Å²) in [6.07, 6.45) is 4.32. The Bertz CT molecular complexity index is 1390. The molecule has 1 saturated carbocycles. The summed E-state index contributed by atoms with van der Waals surface area (Å²) in [7, 11) is -3.69. The van der Waals surface area contributed by atoms with Gasteiger partial charge >= 0.3 is 0 Å². The number of nitrogens with one attached hydrogen (secondary N) is 2. The van der Waals surface area contributed by atoms with Crippen LogP contribution in [0, 0.1) is 5.92 Å². The van der Waals surface area contributed by atoms with E-state index in [-0.39, 0.29) is 16.4 Å². The Balaban J connectivity index is 1.53. The Morgan fingerprint density at radius 3 is 2.74 bits per heavy atom. The molecule has 0 bridgehead atoms. The van der Waals surface area contributed by atoms with Gasteiger partial charge in [-0.05, 0) is 62.3 Å². The molecule has 1 aliphatic carbocycles. The highest BCUT2D eigenvalue weighted by Gasteiger charge is 2.41. The van der Waals surface area contributed by atoms with E-state index in [1.807, 2.05) is 0 Å². The number of aromatic nitrogens is 2. The van der Waals surface area contributed by atoms with Crippen molar-refractivity contribution in [2.45, 2.75) is 48.2 Å². The number of benzene rings is 1. The molecule has 3 heterocycles. The fourth-order valence-electron chi connectivity index (χ4n) is 4.42. The van der Waals surface area contributed by atoms with Crippen LogP contribution in [0.15, 0.2) is 40.2 Å². The molecular weight excluding hydrogens is 498 g/mol. The van der Waals surface area contributed by atoms with E-state index in [1.54, 1.807) is 18.2 Å². The number of amides is 1. The van der Waals surface area contributed by atoms with Crippen LogP contribution in [0.5, 0.6) is 0 Å². The first-order valence-corrected chi connectivity index (χ1v) is 14.0. The van der Waals surface area contributed by atoms with Crippen molar-refractivity contribution >= 4 is 54.0 Å². The Morgan fingerprint density at radius 1 is 1.24 bits per heavy atom. The molecule has 3 aromatic rings. The van der Waals surface area contributed by atoms with Crippen molar-refractivity contribution in [3.8, 4) is 0 Å². The molecule has 1 atom stereocenters. The predicted octanol–water partition coefficient (Wildman–Crippen LogP) is 4.11. The van der Waals surface area contributed by atoms with Gasteiger partial charge < -0.3 is 15.0 Å². The lowest BCUT2D eigenvalue weighted by molar-refractivity contribution is -0.118. The van der Waals surface area contributed by atoms with Crippen LogP contribution in [-0.2, 0) is 19.4 Å². The van der Waals surface area contributed by atoms with Gasteiger partial charge in [-0.1, -0.05) is 22.9 Å². The lowest BCUT2D eigenvalue weighted by atomic mass is 9.85. The number of sulfone groups is 1. The average Bonchev–Trinajstić information content (AvgIpc) is 3.60. The Hall–Kier alpha value is -2.27. The fraction of sp³-hybridized carbons (Fsp3) is 0.435. The maximum absolute atomic E-state index is 13.6. The summed E-state index contributed by atoms with van der Waals surface area (Å²) < 4.78 is 32.6. The van der Waals surface area contributed by atoms with Crippen molar-refractivity contribution in [1.82, 2.24) is 9.97 Å². The van der Waals surface area contributed by atoms with Gasteiger partial charge in [0.1, 0.15) is 0 Å². The second-order valence-electron chi connectivity index (χ2n) is 8.79. The molecule has 2 fully saturated rings. The monoisotopic (exact) mass is 521 g/mol. The molecule has 1 aliphatic heterocycles. The molecule has 2 aromatic heterocycles. The topological polar surface area (TPSA) is 118 Å². The van der Waals surface area contributed by atoms with Crippen molar-refractivity contribution in [3.05, 3.63) is 51.4 Å². The number of ether oxygens (including phenoxy) is 1. The highest BCUT2D eigenvalue weighted by Crippen LogP contribution is 2.38. The fourth-order valence-corrected chi connectivity index (χ4v) is 7.48. The van der Waals surface area contributed by atoms with Gasteiger partial charge in [0, 0.05) is 30.0 Å². The van der Waals surface area contributed by atoms with Crippen LogP contribution in [0.25, 0.3) is 10.2 Å². The van der Waals surface area contributed by atoms with E-state index in [1.165, 1.54) is 23.6 Å². The van der Waals surface area contributed by atoms with Crippen molar-refractivity contribution < 1.29 is 17.9 Å². The van der Waals surface area contributed by atoms with E-state index >= 15 is 0 Å². The maximum atomic E-state index is 13.6. The number of carbonyl (C=O) groups is 1. The number of fused-ring (bicyclic) bond motifs is 1. The highest BCUT2D eigenvalue weighted by molar-refractivity contribution is 7.92. The standard InChI is InChI=1S/C23H24ClN3O5S2/c24-14-1-4-17-18(12-14)33-23(26-17)27-21(28)16(11-13-6-9-32-10-7-13)20-19(5-8-25-22(20)29)34(30,31)15-2-3-15/h1,4-5,8,12-13,15-16H,2-3,6-7,9-11H2,(H,25,29)(H,26,27,28). The molecule has 180 valence electrons. The highest BCUT2D eigenvalue weighted by atomic mass is 35.5. The van der Waals surface area contributed by atoms with Gasteiger partial charge in [-0.25, -0.2) is 13.4 Å². The first kappa shape index (κ1) is 23.5. The van der Waals surface area contributed by atoms with E-state index in [0.717, 1.165) is 17.5 Å². The number of halogens is 1. The quantitative estimate of drug-likeness (QED) is 0.483. The van der Waals surface area contributed by atoms with Crippen molar-refractivity contribution in [3.63, 3.8) is 0 Å². The second-order valence-corrected chi connectivity index (χ2v) is 12.5. The van der Waals surface area contributed by atoms with E-state index < -0.39 is 32.5 Å². The summed E-state index contributed by atoms with van der Waals surface area (Å²) in [4.78, 5) is 33.6. The van der Waals surface area contributed by atoms with Crippen LogP contribution in [0.3, 0.4) is 0 Å². The molecule has 1 amide bonds. The Morgan fingerprint density at radius 2 is 2.00 bits per heavy atom. The first-order valence-electron chi connectivity index (χ1n) is 11.2. The summed E-state index contributed by atoms with van der Waals surface area (Å²) in [6.45, 7) is 1.16. The van der Waals surface area contributed by atoms with Gasteiger partial charge in [0.15, 0.2) is 15.0 Å². The molecule has 5 rings (SSSR count). The zero-order chi connectivity index (χ0) is 23.9. The number of aromatic amines is 1. The minimum absolute atomic E-state index is 0.0162. The molecule has 0 radical (unpaired) electrons. The number of nitrogens with zero attached hydrogens (tertiary/aromatic N) is 1. The SMILES string of the molecule is O=C(Nc1nc2ccc(Cl)cc2s1)C(CC1CCOCC1)c1c(S(=O)(=O)C2CC2)cc[nH]c1=O. The summed E-state index contributed by atoms with van der Waals surface area (Å²) in [5, 5.41) is 3.28. The first-order chi connectivity index (χ1) is 16.3. The molecule has 11 heteroatoms. The number of rotatable bonds is 7. The zero-order valence-corrected chi connectivity index (χ0v) is 20.6. The van der Waals surface area contributed by atoms with E-state index in [0.29, 0.717) is 48.1 Å². The lowest BCUT2D eigenvalue weighted by Gasteiger charge is -2.26. The minimum Gasteiger partial charge on any atom is -0.381 e. The number of hydrogen-bond acceptors (Lipinski definition) is 7. The molecule has 2 N–H and O–H groups in total. The van der Waals surface area contributed by atoms with Crippen LogP contribution < -0.4 is 10.9 Å². The smallest absolute Gasteiger partial charge is 0.253 e. The van der Waals surface area contributed by atoms with Crippen molar-refractivity contribution in [1.29, 1.82) is 0 Å². The van der Waals surface area contributed by atoms with Gasteiger partial charge in [0.05, 0.1) is 26.3 Å². The number of H-pyrrole nitrogens is 1. The van der Waals surface area contributed by atoms with Gasteiger partial charge in [-0.2, -0.15) is 0 Å². The van der Waals surface area contributed by atoms with Gasteiger partial charge in [-0.3, -0.25) is 9.59 Å². The number of pyridine rings is 1. The molecule has 1 aromatic carbocycles. The number of thiazole rings is 1. The Labute approximate surface area is 205 Å². The molecule has 8 nitrogen and oxygen atoms in total. The van der Waals surface area contributed by atoms with E-state index in [2.05, 4.69) is 15.3 Å². The van der Waals surface area contributed by atoms with Gasteiger partial charge in [-0.15, -0.1) is 0 Å². The second kappa shape index (κ2) is 9.41. The molecule has 1 saturated heterocycles. The lowest BCUT2D eigenvalue weighted by Crippen LogP contribution is -2.32. The summed E-state index contributed by atoms with van der Waals surface area (Å²) in [6, 6.07) is 6.67. The van der Waals surface area contributed by atoms with E-state index in [9.17, 15) is 18.0 Å². The molecule has 1 unspecified atom stereocenters. The summed E-state index contributed by atoms with van der Waals surface area (Å²) in [5.74, 6) is -1.25. The maximum Gasteiger partial charge on any atom is 0.253 e. The van der Waals surface area contributed by atoms with Crippen molar-refractivity contribution in [2.24, 2.45) is 5.92 Å². The third kappa shape index (κ3) is 4.77. The summed E-state index contributed by atoms with van der Waals surface area (Å²) in [5.41, 5.74) is 0.160. The van der Waals surface area contributed by atoms with E-state index in [4.69, 9.17) is 16.3 Å². The van der Waals surface area contributed by atoms with Crippen molar-refractivity contribution in [2.75, 3.05) is 18.5 Å². The number of carbonyl (C=O) groups excluding carboxylic acids is 1. The average molecular weight is 522 g/mol. The molecular formula is C23H24ClN3O5S2. The Kier molecular flexibility index (Phi) is 6.49. The molecule has 0 spiro atoms. The summed E-state index contributed by atoms with van der Waals surface area (Å²) >= 11 is 7.34. The van der Waals surface area contributed by atoms with Crippen LogP contribution in [0.1, 0.15) is 43.6 Å². The van der Waals surface area contributed by atoms with Crippen LogP contribution in [-0.4, -0.2) is 42.8 Å². The minimum atomic E-state index is -3.69. The van der Waals surface area contributed by atoms with Crippen LogP contribution >= 0.6 is 22.9 Å². The third-order valence-electron chi connectivity index (χ3n) is 6.38.